The largest absolute Gasteiger partial charge is 0.494 e. The molecule has 0 unspecified atom stereocenters. The molecule has 2 aromatic rings. The van der Waals surface area contributed by atoms with Crippen molar-refractivity contribution in [1.29, 1.82) is 5.26 Å². The van der Waals surface area contributed by atoms with Gasteiger partial charge in [-0.2, -0.15) is 5.26 Å². The van der Waals surface area contributed by atoms with Gasteiger partial charge in [-0.1, -0.05) is 12.1 Å². The van der Waals surface area contributed by atoms with E-state index in [-0.39, 0.29) is 0 Å². The summed E-state index contributed by atoms with van der Waals surface area (Å²) in [6.07, 6.45) is 1.99. The van der Waals surface area contributed by atoms with Crippen LogP contribution in [0.2, 0.25) is 0 Å². The maximum Gasteiger partial charge on any atom is 0.414 e. The average molecular weight is 395 g/mol. The van der Waals surface area contributed by atoms with Crippen molar-refractivity contribution in [1.82, 2.24) is 0 Å². The number of nitriles is 1. The molecular formula is C21H21N3O5. The number of rotatable bonds is 4. The highest BCUT2D eigenvalue weighted by molar-refractivity contribution is 6.27. The summed E-state index contributed by atoms with van der Waals surface area (Å²) in [4.78, 5) is 25.1. The van der Waals surface area contributed by atoms with E-state index in [2.05, 4.69) is 23.1 Å². The zero-order valence-corrected chi connectivity index (χ0v) is 15.9. The normalized spacial score (nSPS) is 13.9. The molecule has 0 atom stereocenters. The average Bonchev–Trinajstić information content (AvgIpc) is 3.18. The lowest BCUT2D eigenvalue weighted by atomic mass is 10.2. The standard InChI is InChI=1S/C19H19N3O.C2H2O4/c1-2-23-17-11-9-16(10-12-17)22-13-5-8-19(22)21-18-7-4-3-6-15(18)14-20;3-1(4)2(5)6/h3-4,6-7,9-12H,2,5,8,13H2,1H3;(H,3,4)(H,5,6). The summed E-state index contributed by atoms with van der Waals surface area (Å²) in [6, 6.07) is 17.8. The van der Waals surface area contributed by atoms with Gasteiger partial charge in [0.15, 0.2) is 0 Å². The van der Waals surface area contributed by atoms with Crippen molar-refractivity contribution in [3.63, 3.8) is 0 Å². The van der Waals surface area contributed by atoms with Gasteiger partial charge in [-0.25, -0.2) is 14.6 Å². The molecule has 0 aliphatic carbocycles. The van der Waals surface area contributed by atoms with Crippen molar-refractivity contribution in [2.75, 3.05) is 18.1 Å². The Labute approximate surface area is 168 Å². The van der Waals surface area contributed by atoms with Gasteiger partial charge in [0.2, 0.25) is 0 Å². The Hall–Kier alpha value is -3.86. The molecule has 0 bridgehead atoms. The van der Waals surface area contributed by atoms with Crippen LogP contribution in [0.3, 0.4) is 0 Å². The first-order valence-electron chi connectivity index (χ1n) is 8.99. The van der Waals surface area contributed by atoms with Crippen LogP contribution in [0.5, 0.6) is 5.75 Å². The van der Waals surface area contributed by atoms with Crippen molar-refractivity contribution in [2.45, 2.75) is 19.8 Å². The number of nitrogens with zero attached hydrogens (tertiary/aromatic N) is 3. The fraction of sp³-hybridized carbons (Fsp3) is 0.238. The first-order valence-corrected chi connectivity index (χ1v) is 8.99. The van der Waals surface area contributed by atoms with Crippen LogP contribution in [0.4, 0.5) is 11.4 Å². The van der Waals surface area contributed by atoms with Crippen LogP contribution in [0.15, 0.2) is 53.5 Å². The molecule has 1 aliphatic heterocycles. The number of carboxylic acids is 2. The van der Waals surface area contributed by atoms with Gasteiger partial charge >= 0.3 is 11.9 Å². The minimum absolute atomic E-state index is 0.610. The maximum atomic E-state index is 9.21. The summed E-state index contributed by atoms with van der Waals surface area (Å²) in [5.41, 5.74) is 2.46. The quantitative estimate of drug-likeness (QED) is 0.760. The van der Waals surface area contributed by atoms with E-state index < -0.39 is 11.9 Å². The maximum absolute atomic E-state index is 9.21. The minimum atomic E-state index is -1.82. The first kappa shape index (κ1) is 21.4. The molecule has 0 amide bonds. The van der Waals surface area contributed by atoms with E-state index in [1.54, 1.807) is 6.07 Å². The van der Waals surface area contributed by atoms with Crippen molar-refractivity contribution in [3.05, 3.63) is 54.1 Å². The van der Waals surface area contributed by atoms with Gasteiger partial charge in [-0.3, -0.25) is 0 Å². The zero-order chi connectivity index (χ0) is 21.2. The van der Waals surface area contributed by atoms with E-state index >= 15 is 0 Å². The predicted octanol–water partition coefficient (Wildman–Crippen LogP) is 3.44. The van der Waals surface area contributed by atoms with Gasteiger partial charge < -0.3 is 19.8 Å². The Kier molecular flexibility index (Phi) is 7.74. The summed E-state index contributed by atoms with van der Waals surface area (Å²) in [7, 11) is 0. The van der Waals surface area contributed by atoms with Crippen molar-refractivity contribution >= 4 is 29.1 Å². The molecule has 1 fully saturated rings. The van der Waals surface area contributed by atoms with Crippen molar-refractivity contribution in [3.8, 4) is 11.8 Å². The molecule has 1 aliphatic rings. The summed E-state index contributed by atoms with van der Waals surface area (Å²) in [6.45, 7) is 3.59. The van der Waals surface area contributed by atoms with E-state index in [0.29, 0.717) is 12.2 Å². The summed E-state index contributed by atoms with van der Waals surface area (Å²) >= 11 is 0. The lowest BCUT2D eigenvalue weighted by Crippen LogP contribution is -2.23. The molecule has 2 N–H and O–H groups in total. The third-order valence-corrected chi connectivity index (χ3v) is 4.01. The molecule has 1 heterocycles. The molecule has 2 aromatic carbocycles. The molecule has 0 aromatic heterocycles. The van der Waals surface area contributed by atoms with Crippen LogP contribution in [0, 0.1) is 11.3 Å². The molecule has 0 radical (unpaired) electrons. The van der Waals surface area contributed by atoms with Crippen LogP contribution >= 0.6 is 0 Å². The zero-order valence-electron chi connectivity index (χ0n) is 15.9. The first-order chi connectivity index (χ1) is 14.0. The highest BCUT2D eigenvalue weighted by atomic mass is 16.5. The van der Waals surface area contributed by atoms with Crippen molar-refractivity contribution in [2.24, 2.45) is 4.99 Å². The van der Waals surface area contributed by atoms with Crippen LogP contribution in [0.25, 0.3) is 0 Å². The Morgan fingerprint density at radius 3 is 2.38 bits per heavy atom. The number of carboxylic acid groups (broad SMARTS) is 2. The summed E-state index contributed by atoms with van der Waals surface area (Å²) in [5, 5.41) is 24.0. The fourth-order valence-corrected chi connectivity index (χ4v) is 2.75. The number of benzene rings is 2. The van der Waals surface area contributed by atoms with Crippen LogP contribution in [-0.2, 0) is 9.59 Å². The number of aliphatic imine (C=N–C) groups is 1. The lowest BCUT2D eigenvalue weighted by Gasteiger charge is -2.19. The molecule has 3 rings (SSSR count). The minimum Gasteiger partial charge on any atom is -0.494 e. The van der Waals surface area contributed by atoms with E-state index in [4.69, 9.17) is 29.5 Å². The van der Waals surface area contributed by atoms with Crippen LogP contribution < -0.4 is 9.64 Å². The Morgan fingerprint density at radius 1 is 1.14 bits per heavy atom. The Balaban J connectivity index is 0.000000438. The second-order valence-corrected chi connectivity index (χ2v) is 5.95. The number of hydrogen-bond donors (Lipinski definition) is 2. The number of carbonyl (C=O) groups is 2. The number of aliphatic carboxylic acids is 2. The van der Waals surface area contributed by atoms with Gasteiger partial charge in [-0.15, -0.1) is 0 Å². The third-order valence-electron chi connectivity index (χ3n) is 4.01. The number of hydrogen-bond acceptors (Lipinski definition) is 5. The number of anilines is 1. The SMILES string of the molecule is CCOc1ccc(N2CCCC2=Nc2ccccc2C#N)cc1.O=C(O)C(=O)O. The molecule has 0 spiro atoms. The second-order valence-electron chi connectivity index (χ2n) is 5.95. The predicted molar refractivity (Wildman–Crippen MR) is 108 cm³/mol. The van der Waals surface area contributed by atoms with E-state index in [0.717, 1.165) is 42.3 Å². The molecule has 1 saturated heterocycles. The molecule has 150 valence electrons. The molecule has 8 heteroatoms. The van der Waals surface area contributed by atoms with Crippen LogP contribution in [-0.4, -0.2) is 41.1 Å². The van der Waals surface area contributed by atoms with E-state index in [1.165, 1.54) is 0 Å². The number of amidine groups is 1. The molecule has 8 nitrogen and oxygen atoms in total. The summed E-state index contributed by atoms with van der Waals surface area (Å²) < 4.78 is 5.49. The molecule has 29 heavy (non-hydrogen) atoms. The highest BCUT2D eigenvalue weighted by Crippen LogP contribution is 2.27. The lowest BCUT2D eigenvalue weighted by molar-refractivity contribution is -0.159. The van der Waals surface area contributed by atoms with Crippen molar-refractivity contribution < 1.29 is 24.5 Å². The smallest absolute Gasteiger partial charge is 0.414 e. The van der Waals surface area contributed by atoms with Gasteiger partial charge in [0.25, 0.3) is 0 Å². The Morgan fingerprint density at radius 2 is 1.79 bits per heavy atom. The molecule has 0 saturated carbocycles. The summed E-state index contributed by atoms with van der Waals surface area (Å²) in [5.74, 6) is -1.76. The van der Waals surface area contributed by atoms with E-state index in [9.17, 15) is 5.26 Å². The van der Waals surface area contributed by atoms with Gasteiger partial charge in [-0.05, 0) is 49.7 Å². The fourth-order valence-electron chi connectivity index (χ4n) is 2.75. The monoisotopic (exact) mass is 395 g/mol. The van der Waals surface area contributed by atoms with Gasteiger partial charge in [0.05, 0.1) is 17.9 Å². The molecular weight excluding hydrogens is 374 g/mol. The third kappa shape index (κ3) is 6.07. The number of para-hydroxylation sites is 1. The second kappa shape index (κ2) is 10.5. The van der Waals surface area contributed by atoms with Gasteiger partial charge in [0.1, 0.15) is 17.7 Å². The topological polar surface area (TPSA) is 123 Å². The Bertz CT molecular complexity index is 920. The van der Waals surface area contributed by atoms with Crippen LogP contribution in [0.1, 0.15) is 25.3 Å². The van der Waals surface area contributed by atoms with E-state index in [1.807, 2.05) is 37.3 Å². The highest BCUT2D eigenvalue weighted by Gasteiger charge is 2.20. The van der Waals surface area contributed by atoms with Gasteiger partial charge in [0, 0.05) is 18.7 Å². The number of ether oxygens (including phenoxy) is 1.